The van der Waals surface area contributed by atoms with Crippen molar-refractivity contribution >= 4 is 29.7 Å². The summed E-state index contributed by atoms with van der Waals surface area (Å²) in [4.78, 5) is 26.1. The van der Waals surface area contributed by atoms with Gasteiger partial charge in [0.2, 0.25) is 5.95 Å². The number of nitrogens with zero attached hydrogens (tertiary/aromatic N) is 4. The van der Waals surface area contributed by atoms with Gasteiger partial charge in [0.1, 0.15) is 0 Å². The highest BCUT2D eigenvalue weighted by Gasteiger charge is 2.13. The molecule has 2 aromatic rings. The topological polar surface area (TPSA) is 123 Å². The molecule has 1 aliphatic rings. The summed E-state index contributed by atoms with van der Waals surface area (Å²) in [5, 5.41) is 2.63. The molecule has 1 saturated heterocycles. The van der Waals surface area contributed by atoms with Gasteiger partial charge in [-0.25, -0.2) is 14.8 Å². The van der Waals surface area contributed by atoms with Crippen molar-refractivity contribution in [1.82, 2.24) is 15.3 Å². The molecule has 8 nitrogen and oxygen atoms in total. The standard InChI is InChI=1S/C17H21N7OS/c18-15(19)23-17(25)22-9-12-2-1-3-13(8-12)14-10-20-16(21-11-14)24-4-6-26-7-5-24/h1-3,8,10-11H,4-7,9H2,(H5,18,19,22,23,25). The molecule has 1 fully saturated rings. The number of thioether (sulfide) groups is 1. The van der Waals surface area contributed by atoms with E-state index >= 15 is 0 Å². The maximum Gasteiger partial charge on any atom is 0.344 e. The molecule has 5 N–H and O–H groups in total. The summed E-state index contributed by atoms with van der Waals surface area (Å²) in [6.45, 7) is 2.29. The van der Waals surface area contributed by atoms with E-state index in [0.29, 0.717) is 6.54 Å². The fourth-order valence-electron chi connectivity index (χ4n) is 2.59. The van der Waals surface area contributed by atoms with Crippen molar-refractivity contribution in [1.29, 1.82) is 0 Å². The van der Waals surface area contributed by atoms with E-state index in [1.807, 2.05) is 48.4 Å². The minimum absolute atomic E-state index is 0.263. The van der Waals surface area contributed by atoms with Crippen LogP contribution in [0.15, 0.2) is 41.7 Å². The number of anilines is 1. The summed E-state index contributed by atoms with van der Waals surface area (Å²) in [6.07, 6.45) is 3.67. The Morgan fingerprint density at radius 1 is 1.19 bits per heavy atom. The van der Waals surface area contributed by atoms with Crippen molar-refractivity contribution in [3.63, 3.8) is 0 Å². The van der Waals surface area contributed by atoms with Crippen LogP contribution in [0.25, 0.3) is 11.1 Å². The first-order chi connectivity index (χ1) is 12.6. The number of carbonyl (C=O) groups excluding carboxylic acids is 1. The smallest absolute Gasteiger partial charge is 0.344 e. The van der Waals surface area contributed by atoms with Crippen LogP contribution in [0.4, 0.5) is 10.7 Å². The normalized spacial score (nSPS) is 13.9. The first-order valence-corrected chi connectivity index (χ1v) is 9.39. The molecule has 2 amide bonds. The number of nitrogens with one attached hydrogen (secondary N) is 1. The van der Waals surface area contributed by atoms with Gasteiger partial charge in [0.15, 0.2) is 5.96 Å². The zero-order chi connectivity index (χ0) is 18.4. The summed E-state index contributed by atoms with van der Waals surface area (Å²) in [5.74, 6) is 2.73. The van der Waals surface area contributed by atoms with E-state index in [9.17, 15) is 4.79 Å². The molecule has 1 aliphatic heterocycles. The van der Waals surface area contributed by atoms with Crippen LogP contribution >= 0.6 is 11.8 Å². The molecule has 0 saturated carbocycles. The van der Waals surface area contributed by atoms with Gasteiger partial charge in [-0.05, 0) is 17.2 Å². The Morgan fingerprint density at radius 2 is 1.92 bits per heavy atom. The second kappa shape index (κ2) is 8.52. The quantitative estimate of drug-likeness (QED) is 0.545. The molecule has 1 aromatic carbocycles. The summed E-state index contributed by atoms with van der Waals surface area (Å²) in [5.41, 5.74) is 13.2. The SMILES string of the molecule is NC(N)=NC(=O)NCc1cccc(-c2cnc(N3CCSCC3)nc2)c1. The van der Waals surface area contributed by atoms with E-state index in [1.54, 1.807) is 0 Å². The lowest BCUT2D eigenvalue weighted by Gasteiger charge is -2.26. The zero-order valence-electron chi connectivity index (χ0n) is 14.3. The van der Waals surface area contributed by atoms with Crippen molar-refractivity contribution in [2.45, 2.75) is 6.54 Å². The molecule has 0 spiro atoms. The molecule has 9 heteroatoms. The molecular formula is C17H21N7OS. The third-order valence-electron chi connectivity index (χ3n) is 3.87. The average Bonchev–Trinajstić information content (AvgIpc) is 2.67. The third kappa shape index (κ3) is 4.85. The number of carbonyl (C=O) groups is 1. The Bertz CT molecular complexity index is 784. The van der Waals surface area contributed by atoms with Crippen LogP contribution < -0.4 is 21.7 Å². The largest absolute Gasteiger partial charge is 0.370 e. The number of guanidine groups is 1. The van der Waals surface area contributed by atoms with Crippen LogP contribution in [-0.2, 0) is 6.54 Å². The van der Waals surface area contributed by atoms with Gasteiger partial charge in [0.25, 0.3) is 0 Å². The van der Waals surface area contributed by atoms with Gasteiger partial charge in [-0.2, -0.15) is 16.8 Å². The number of aliphatic imine (C=N–C) groups is 1. The predicted molar refractivity (Wildman–Crippen MR) is 105 cm³/mol. The van der Waals surface area contributed by atoms with Crippen molar-refractivity contribution in [3.05, 3.63) is 42.2 Å². The number of hydrogen-bond donors (Lipinski definition) is 3. The molecule has 2 heterocycles. The maximum absolute atomic E-state index is 11.5. The minimum Gasteiger partial charge on any atom is -0.370 e. The van der Waals surface area contributed by atoms with Crippen molar-refractivity contribution in [2.24, 2.45) is 16.5 Å². The van der Waals surface area contributed by atoms with Crippen LogP contribution in [0.2, 0.25) is 0 Å². The highest BCUT2D eigenvalue weighted by Crippen LogP contribution is 2.21. The summed E-state index contributed by atoms with van der Waals surface area (Å²) >= 11 is 1.96. The monoisotopic (exact) mass is 371 g/mol. The summed E-state index contributed by atoms with van der Waals surface area (Å²) < 4.78 is 0. The zero-order valence-corrected chi connectivity index (χ0v) is 15.1. The molecule has 26 heavy (non-hydrogen) atoms. The second-order valence-electron chi connectivity index (χ2n) is 5.77. The van der Waals surface area contributed by atoms with E-state index in [-0.39, 0.29) is 5.96 Å². The number of rotatable bonds is 4. The van der Waals surface area contributed by atoms with Gasteiger partial charge in [0.05, 0.1) is 0 Å². The molecule has 0 aliphatic carbocycles. The van der Waals surface area contributed by atoms with Crippen molar-refractivity contribution in [2.75, 3.05) is 29.5 Å². The van der Waals surface area contributed by atoms with Gasteiger partial charge < -0.3 is 21.7 Å². The predicted octanol–water partition coefficient (Wildman–Crippen LogP) is 1.18. The molecule has 0 unspecified atom stereocenters. The lowest BCUT2D eigenvalue weighted by Crippen LogP contribution is -2.33. The highest BCUT2D eigenvalue weighted by atomic mass is 32.2. The van der Waals surface area contributed by atoms with Crippen LogP contribution in [0.1, 0.15) is 5.56 Å². The number of nitrogens with two attached hydrogens (primary N) is 2. The third-order valence-corrected chi connectivity index (χ3v) is 4.81. The first kappa shape index (κ1) is 18.0. The Hall–Kier alpha value is -2.81. The summed E-state index contributed by atoms with van der Waals surface area (Å²) in [7, 11) is 0. The number of benzene rings is 1. The van der Waals surface area contributed by atoms with Gasteiger partial charge in [0, 0.05) is 49.1 Å². The fourth-order valence-corrected chi connectivity index (χ4v) is 3.50. The lowest BCUT2D eigenvalue weighted by molar-refractivity contribution is 0.249. The van der Waals surface area contributed by atoms with Crippen LogP contribution in [-0.4, -0.2) is 46.6 Å². The van der Waals surface area contributed by atoms with E-state index in [2.05, 4.69) is 25.2 Å². The minimum atomic E-state index is -0.567. The van der Waals surface area contributed by atoms with Gasteiger partial charge >= 0.3 is 6.03 Å². The Kier molecular flexibility index (Phi) is 5.90. The van der Waals surface area contributed by atoms with Crippen molar-refractivity contribution in [3.8, 4) is 11.1 Å². The van der Waals surface area contributed by atoms with Gasteiger partial charge in [-0.15, -0.1) is 0 Å². The molecule has 0 atom stereocenters. The van der Waals surface area contributed by atoms with Crippen LogP contribution in [0, 0.1) is 0 Å². The number of hydrogen-bond acceptors (Lipinski definition) is 5. The Labute approximate surface area is 156 Å². The molecule has 3 rings (SSSR count). The molecule has 0 radical (unpaired) electrons. The van der Waals surface area contributed by atoms with Crippen LogP contribution in [0.3, 0.4) is 0 Å². The molecule has 1 aromatic heterocycles. The Balaban J connectivity index is 1.67. The number of amides is 2. The summed E-state index contributed by atoms with van der Waals surface area (Å²) in [6, 6.07) is 7.23. The molecule has 136 valence electrons. The van der Waals surface area contributed by atoms with Gasteiger partial charge in [-0.3, -0.25) is 0 Å². The van der Waals surface area contributed by atoms with Crippen molar-refractivity contribution < 1.29 is 4.79 Å². The highest BCUT2D eigenvalue weighted by molar-refractivity contribution is 7.99. The fraction of sp³-hybridized carbons (Fsp3) is 0.294. The average molecular weight is 371 g/mol. The number of urea groups is 1. The molecular weight excluding hydrogens is 350 g/mol. The second-order valence-corrected chi connectivity index (χ2v) is 6.99. The lowest BCUT2D eigenvalue weighted by atomic mass is 10.1. The van der Waals surface area contributed by atoms with E-state index < -0.39 is 6.03 Å². The van der Waals surface area contributed by atoms with E-state index in [4.69, 9.17) is 11.5 Å². The Morgan fingerprint density at radius 3 is 2.62 bits per heavy atom. The van der Waals surface area contributed by atoms with E-state index in [0.717, 1.165) is 47.2 Å². The molecule has 0 bridgehead atoms. The number of aromatic nitrogens is 2. The maximum atomic E-state index is 11.5. The first-order valence-electron chi connectivity index (χ1n) is 8.23. The van der Waals surface area contributed by atoms with E-state index in [1.165, 1.54) is 0 Å². The van der Waals surface area contributed by atoms with Gasteiger partial charge in [-0.1, -0.05) is 18.2 Å². The van der Waals surface area contributed by atoms with Crippen LogP contribution in [0.5, 0.6) is 0 Å².